The molecule has 1 heterocycles. The second-order valence-electron chi connectivity index (χ2n) is 1.97. The smallest absolute Gasteiger partial charge is 0.338 e. The maximum atomic E-state index is 10.4. The first kappa shape index (κ1) is 7.17. The van der Waals surface area contributed by atoms with Gasteiger partial charge in [-0.3, -0.25) is 4.79 Å². The van der Waals surface area contributed by atoms with E-state index in [4.69, 9.17) is 10.2 Å². The molecule has 1 fully saturated rings. The van der Waals surface area contributed by atoms with E-state index < -0.39 is 24.3 Å². The number of aliphatic hydroxyl groups is 2. The summed E-state index contributed by atoms with van der Waals surface area (Å²) in [5.41, 5.74) is 0. The van der Waals surface area contributed by atoms with E-state index in [2.05, 4.69) is 4.74 Å². The van der Waals surface area contributed by atoms with Crippen molar-refractivity contribution in [2.45, 2.75) is 18.3 Å². The van der Waals surface area contributed by atoms with Crippen LogP contribution < -0.4 is 0 Å². The van der Waals surface area contributed by atoms with Gasteiger partial charge >= 0.3 is 5.97 Å². The topological polar surface area (TPSA) is 83.8 Å². The van der Waals surface area contributed by atoms with Crippen molar-refractivity contribution in [3.8, 4) is 0 Å². The standard InChI is InChI=1S/C5H6O5/c6-1-2-3(7)4(8)5(9)10-2/h1-4,7-8H/t2-,3+,4+/m1/s1. The van der Waals surface area contributed by atoms with Gasteiger partial charge in [-0.25, -0.2) is 4.79 Å². The number of carbonyl (C=O) groups excluding carboxylic acids is 2. The Labute approximate surface area is 56.2 Å². The molecule has 1 aliphatic rings. The van der Waals surface area contributed by atoms with Gasteiger partial charge < -0.3 is 14.9 Å². The van der Waals surface area contributed by atoms with Crippen LogP contribution in [0.25, 0.3) is 0 Å². The molecule has 0 aromatic rings. The minimum atomic E-state index is -1.57. The molecule has 1 saturated heterocycles. The highest BCUT2D eigenvalue weighted by molar-refractivity contribution is 5.81. The van der Waals surface area contributed by atoms with Gasteiger partial charge in [0, 0.05) is 0 Å². The zero-order valence-corrected chi connectivity index (χ0v) is 4.93. The molecule has 0 saturated carbocycles. The number of hydrogen-bond donors (Lipinski definition) is 2. The highest BCUT2D eigenvalue weighted by Crippen LogP contribution is 2.13. The van der Waals surface area contributed by atoms with Crippen LogP contribution in [0.5, 0.6) is 0 Å². The first-order valence-corrected chi connectivity index (χ1v) is 2.68. The largest absolute Gasteiger partial charge is 0.450 e. The maximum Gasteiger partial charge on any atom is 0.338 e. The summed E-state index contributed by atoms with van der Waals surface area (Å²) in [4.78, 5) is 20.3. The number of esters is 1. The van der Waals surface area contributed by atoms with Crippen LogP contribution in [0.1, 0.15) is 0 Å². The molecule has 0 radical (unpaired) electrons. The average Bonchev–Trinajstić information content (AvgIpc) is 2.17. The summed E-state index contributed by atoms with van der Waals surface area (Å²) in [5.74, 6) is -0.954. The maximum absolute atomic E-state index is 10.4. The van der Waals surface area contributed by atoms with E-state index in [9.17, 15) is 9.59 Å². The molecule has 10 heavy (non-hydrogen) atoms. The summed E-state index contributed by atoms with van der Waals surface area (Å²) in [6, 6.07) is 0. The van der Waals surface area contributed by atoms with E-state index in [0.29, 0.717) is 0 Å². The number of rotatable bonds is 1. The predicted octanol–water partition coefficient (Wildman–Crippen LogP) is -2.17. The van der Waals surface area contributed by atoms with Gasteiger partial charge in [0.15, 0.2) is 18.5 Å². The monoisotopic (exact) mass is 146 g/mol. The quantitative estimate of drug-likeness (QED) is 0.325. The van der Waals surface area contributed by atoms with Crippen molar-refractivity contribution in [3.05, 3.63) is 0 Å². The molecule has 1 rings (SSSR count). The summed E-state index contributed by atoms with van der Waals surface area (Å²) in [7, 11) is 0. The number of aliphatic hydroxyl groups excluding tert-OH is 2. The average molecular weight is 146 g/mol. The Bertz CT molecular complexity index is 165. The van der Waals surface area contributed by atoms with Crippen LogP contribution in [0.3, 0.4) is 0 Å². The van der Waals surface area contributed by atoms with Gasteiger partial charge in [0.2, 0.25) is 0 Å². The summed E-state index contributed by atoms with van der Waals surface area (Å²) in [6.45, 7) is 0. The lowest BCUT2D eigenvalue weighted by atomic mass is 10.2. The lowest BCUT2D eigenvalue weighted by Crippen LogP contribution is -2.31. The Balaban J connectivity index is 2.70. The lowest BCUT2D eigenvalue weighted by molar-refractivity contribution is -0.148. The third-order valence-corrected chi connectivity index (χ3v) is 1.29. The molecule has 5 nitrogen and oxygen atoms in total. The summed E-state index contributed by atoms with van der Waals surface area (Å²) < 4.78 is 4.23. The van der Waals surface area contributed by atoms with E-state index >= 15 is 0 Å². The van der Waals surface area contributed by atoms with E-state index in [1.54, 1.807) is 0 Å². The molecule has 1 aliphatic heterocycles. The fourth-order valence-corrected chi connectivity index (χ4v) is 0.701. The van der Waals surface area contributed by atoms with Gasteiger partial charge in [0.05, 0.1) is 0 Å². The van der Waals surface area contributed by atoms with E-state index in [-0.39, 0.29) is 6.29 Å². The Morgan fingerprint density at radius 1 is 1.50 bits per heavy atom. The van der Waals surface area contributed by atoms with Crippen molar-refractivity contribution in [3.63, 3.8) is 0 Å². The van der Waals surface area contributed by atoms with Crippen LogP contribution in [0.15, 0.2) is 0 Å². The van der Waals surface area contributed by atoms with Crippen LogP contribution >= 0.6 is 0 Å². The zero-order valence-electron chi connectivity index (χ0n) is 4.93. The molecule has 0 amide bonds. The Hall–Kier alpha value is -0.940. The molecule has 0 bridgehead atoms. The van der Waals surface area contributed by atoms with Gasteiger partial charge in [-0.05, 0) is 0 Å². The number of hydrogen-bond acceptors (Lipinski definition) is 5. The van der Waals surface area contributed by atoms with Gasteiger partial charge in [-0.2, -0.15) is 0 Å². The molecule has 0 aromatic carbocycles. The zero-order chi connectivity index (χ0) is 7.72. The second-order valence-corrected chi connectivity index (χ2v) is 1.97. The van der Waals surface area contributed by atoms with Crippen molar-refractivity contribution < 1.29 is 24.5 Å². The Morgan fingerprint density at radius 3 is 2.30 bits per heavy atom. The fraction of sp³-hybridized carbons (Fsp3) is 0.600. The number of carbonyl (C=O) groups is 2. The molecule has 0 aliphatic carbocycles. The summed E-state index contributed by atoms with van der Waals surface area (Å²) in [5, 5.41) is 17.5. The molecule has 2 N–H and O–H groups in total. The van der Waals surface area contributed by atoms with Crippen molar-refractivity contribution in [2.75, 3.05) is 0 Å². The molecule has 56 valence electrons. The Kier molecular flexibility index (Phi) is 1.69. The summed E-state index contributed by atoms with van der Waals surface area (Å²) >= 11 is 0. The lowest BCUT2D eigenvalue weighted by Gasteiger charge is -2.03. The van der Waals surface area contributed by atoms with Crippen molar-refractivity contribution in [2.24, 2.45) is 0 Å². The first-order valence-electron chi connectivity index (χ1n) is 2.68. The SMILES string of the molecule is O=C[C@H]1OC(=O)[C@@H](O)[C@H]1O. The highest BCUT2D eigenvalue weighted by Gasteiger charge is 2.42. The minimum absolute atomic E-state index is 0.277. The van der Waals surface area contributed by atoms with Crippen LogP contribution in [0.4, 0.5) is 0 Å². The predicted molar refractivity (Wildman–Crippen MR) is 28.0 cm³/mol. The normalized spacial score (nSPS) is 39.4. The molecular formula is C5H6O5. The van der Waals surface area contributed by atoms with Crippen molar-refractivity contribution >= 4 is 12.3 Å². The molecule has 3 atom stereocenters. The molecule has 5 heteroatoms. The van der Waals surface area contributed by atoms with Gasteiger partial charge in [-0.15, -0.1) is 0 Å². The van der Waals surface area contributed by atoms with Crippen LogP contribution in [-0.2, 0) is 14.3 Å². The minimum Gasteiger partial charge on any atom is -0.450 e. The van der Waals surface area contributed by atoms with Crippen LogP contribution in [0, 0.1) is 0 Å². The van der Waals surface area contributed by atoms with E-state index in [1.807, 2.05) is 0 Å². The second kappa shape index (κ2) is 2.36. The highest BCUT2D eigenvalue weighted by atomic mass is 16.6. The summed E-state index contributed by atoms with van der Waals surface area (Å²) in [6.07, 6.45) is -3.92. The van der Waals surface area contributed by atoms with E-state index in [0.717, 1.165) is 0 Å². The Morgan fingerprint density at radius 2 is 2.10 bits per heavy atom. The van der Waals surface area contributed by atoms with Crippen LogP contribution in [-0.4, -0.2) is 40.8 Å². The van der Waals surface area contributed by atoms with E-state index in [1.165, 1.54) is 0 Å². The molecular weight excluding hydrogens is 140 g/mol. The van der Waals surface area contributed by atoms with Crippen molar-refractivity contribution in [1.82, 2.24) is 0 Å². The van der Waals surface area contributed by atoms with Gasteiger partial charge in [0.1, 0.15) is 6.10 Å². The van der Waals surface area contributed by atoms with Crippen LogP contribution in [0.2, 0.25) is 0 Å². The molecule has 0 aromatic heterocycles. The fourth-order valence-electron chi connectivity index (χ4n) is 0.701. The van der Waals surface area contributed by atoms with Crippen molar-refractivity contribution in [1.29, 1.82) is 0 Å². The number of ether oxygens (including phenoxy) is 1. The number of cyclic esters (lactones) is 1. The third kappa shape index (κ3) is 0.891. The molecule has 0 spiro atoms. The van der Waals surface area contributed by atoms with Gasteiger partial charge in [0.25, 0.3) is 0 Å². The van der Waals surface area contributed by atoms with Gasteiger partial charge in [-0.1, -0.05) is 0 Å². The first-order chi connectivity index (χ1) is 4.66. The molecule has 0 unspecified atom stereocenters. The third-order valence-electron chi connectivity index (χ3n) is 1.29. The number of aldehydes is 1.